The number of sulfonamides is 1. The van der Waals surface area contributed by atoms with Gasteiger partial charge in [-0.25, -0.2) is 8.42 Å². The first kappa shape index (κ1) is 21.9. The summed E-state index contributed by atoms with van der Waals surface area (Å²) in [5.41, 5.74) is 1.74. The largest absolute Gasteiger partial charge is 0.326 e. The average Bonchev–Trinajstić information content (AvgIpc) is 3.03. The SMILES string of the molecule is CSc1ccc(NC(=O)CCc2ccc(S(=O)(=O)N3CCCCCC3)cc2)cc1. The molecule has 5 nitrogen and oxygen atoms in total. The van der Waals surface area contributed by atoms with Gasteiger partial charge in [0, 0.05) is 30.1 Å². The number of nitrogens with one attached hydrogen (secondary N) is 1. The van der Waals surface area contributed by atoms with E-state index in [4.69, 9.17) is 0 Å². The lowest BCUT2D eigenvalue weighted by atomic mass is 10.1. The summed E-state index contributed by atoms with van der Waals surface area (Å²) in [7, 11) is -3.43. The molecule has 29 heavy (non-hydrogen) atoms. The Morgan fingerprint density at radius 1 is 0.966 bits per heavy atom. The zero-order valence-corrected chi connectivity index (χ0v) is 18.4. The molecule has 1 N–H and O–H groups in total. The van der Waals surface area contributed by atoms with Crippen LogP contribution in [-0.2, 0) is 21.2 Å². The summed E-state index contributed by atoms with van der Waals surface area (Å²) >= 11 is 1.66. The van der Waals surface area contributed by atoms with Crippen LogP contribution in [0.25, 0.3) is 0 Å². The highest BCUT2D eigenvalue weighted by Gasteiger charge is 2.24. The fourth-order valence-corrected chi connectivity index (χ4v) is 5.34. The third-order valence-corrected chi connectivity index (χ3v) is 7.80. The van der Waals surface area contributed by atoms with E-state index in [0.29, 0.717) is 30.8 Å². The van der Waals surface area contributed by atoms with Crippen LogP contribution in [0, 0.1) is 0 Å². The van der Waals surface area contributed by atoms with E-state index in [1.165, 1.54) is 0 Å². The molecule has 0 unspecified atom stereocenters. The molecule has 1 amide bonds. The van der Waals surface area contributed by atoms with Crippen LogP contribution in [-0.4, -0.2) is 38.0 Å². The molecule has 2 aromatic carbocycles. The number of benzene rings is 2. The van der Waals surface area contributed by atoms with Gasteiger partial charge in [0.25, 0.3) is 0 Å². The van der Waals surface area contributed by atoms with Gasteiger partial charge in [-0.2, -0.15) is 4.31 Å². The predicted octanol–water partition coefficient (Wildman–Crippen LogP) is 4.54. The van der Waals surface area contributed by atoms with E-state index in [1.54, 1.807) is 28.2 Å². The summed E-state index contributed by atoms with van der Waals surface area (Å²) < 4.78 is 27.3. The molecule has 0 aliphatic carbocycles. The summed E-state index contributed by atoms with van der Waals surface area (Å²) in [4.78, 5) is 13.7. The lowest BCUT2D eigenvalue weighted by molar-refractivity contribution is -0.116. The minimum absolute atomic E-state index is 0.0526. The highest BCUT2D eigenvalue weighted by Crippen LogP contribution is 2.21. The van der Waals surface area contributed by atoms with E-state index < -0.39 is 10.0 Å². The Morgan fingerprint density at radius 3 is 2.17 bits per heavy atom. The number of hydrogen-bond acceptors (Lipinski definition) is 4. The summed E-state index contributed by atoms with van der Waals surface area (Å²) in [5, 5.41) is 2.90. The van der Waals surface area contributed by atoms with Crippen LogP contribution in [0.5, 0.6) is 0 Å². The monoisotopic (exact) mass is 432 g/mol. The number of carbonyl (C=O) groups is 1. The second-order valence-corrected chi connectivity index (χ2v) is 10.1. The van der Waals surface area contributed by atoms with E-state index in [2.05, 4.69) is 5.32 Å². The minimum atomic E-state index is -3.43. The molecule has 156 valence electrons. The molecule has 1 aliphatic heterocycles. The van der Waals surface area contributed by atoms with Gasteiger partial charge in [-0.05, 0) is 67.5 Å². The van der Waals surface area contributed by atoms with Gasteiger partial charge in [0.1, 0.15) is 0 Å². The molecule has 0 radical (unpaired) electrons. The topological polar surface area (TPSA) is 66.5 Å². The van der Waals surface area contributed by atoms with Crippen LogP contribution in [0.4, 0.5) is 5.69 Å². The molecule has 0 spiro atoms. The van der Waals surface area contributed by atoms with Crippen molar-refractivity contribution in [2.24, 2.45) is 0 Å². The Hall–Kier alpha value is -1.83. The number of thioether (sulfide) groups is 1. The first-order chi connectivity index (χ1) is 14.0. The van der Waals surface area contributed by atoms with Gasteiger partial charge in [0.05, 0.1) is 4.90 Å². The van der Waals surface area contributed by atoms with Gasteiger partial charge in [-0.1, -0.05) is 25.0 Å². The van der Waals surface area contributed by atoms with E-state index in [0.717, 1.165) is 41.8 Å². The number of aryl methyl sites for hydroxylation is 1. The van der Waals surface area contributed by atoms with Gasteiger partial charge in [0.2, 0.25) is 15.9 Å². The zero-order chi connectivity index (χ0) is 20.7. The lowest BCUT2D eigenvalue weighted by Gasteiger charge is -2.20. The van der Waals surface area contributed by atoms with Gasteiger partial charge < -0.3 is 5.32 Å². The summed E-state index contributed by atoms with van der Waals surface area (Å²) in [6, 6.07) is 14.7. The second-order valence-electron chi connectivity index (χ2n) is 7.24. The molecule has 0 saturated carbocycles. The molecule has 0 aromatic heterocycles. The number of hydrogen-bond donors (Lipinski definition) is 1. The molecule has 0 bridgehead atoms. The molecule has 3 rings (SSSR count). The van der Waals surface area contributed by atoms with Crippen LogP contribution in [0.15, 0.2) is 58.3 Å². The second kappa shape index (κ2) is 10.3. The molecule has 0 atom stereocenters. The highest BCUT2D eigenvalue weighted by atomic mass is 32.2. The van der Waals surface area contributed by atoms with Crippen LogP contribution >= 0.6 is 11.8 Å². The van der Waals surface area contributed by atoms with Crippen LogP contribution in [0.2, 0.25) is 0 Å². The maximum atomic E-state index is 12.8. The third kappa shape index (κ3) is 6.07. The van der Waals surface area contributed by atoms with E-state index >= 15 is 0 Å². The van der Waals surface area contributed by atoms with Crippen molar-refractivity contribution in [2.75, 3.05) is 24.7 Å². The summed E-state index contributed by atoms with van der Waals surface area (Å²) in [5.74, 6) is -0.0526. The number of anilines is 1. The molecule has 1 saturated heterocycles. The van der Waals surface area contributed by atoms with Crippen molar-refractivity contribution in [1.82, 2.24) is 4.31 Å². The quantitative estimate of drug-likeness (QED) is 0.652. The smallest absolute Gasteiger partial charge is 0.243 e. The first-order valence-corrected chi connectivity index (χ1v) is 12.7. The Labute approximate surface area is 177 Å². The van der Waals surface area contributed by atoms with Gasteiger partial charge in [-0.15, -0.1) is 11.8 Å². The fraction of sp³-hybridized carbons (Fsp3) is 0.409. The lowest BCUT2D eigenvalue weighted by Crippen LogP contribution is -2.31. The van der Waals surface area contributed by atoms with Gasteiger partial charge >= 0.3 is 0 Å². The normalized spacial score (nSPS) is 15.6. The third-order valence-electron chi connectivity index (χ3n) is 5.14. The van der Waals surface area contributed by atoms with Crippen molar-refractivity contribution in [3.05, 3.63) is 54.1 Å². The van der Waals surface area contributed by atoms with E-state index in [1.807, 2.05) is 42.7 Å². The first-order valence-electron chi connectivity index (χ1n) is 10.0. The van der Waals surface area contributed by atoms with Crippen LogP contribution < -0.4 is 5.32 Å². The Morgan fingerprint density at radius 2 is 1.59 bits per heavy atom. The fourth-order valence-electron chi connectivity index (χ4n) is 3.41. The Kier molecular flexibility index (Phi) is 7.75. The van der Waals surface area contributed by atoms with Crippen molar-refractivity contribution >= 4 is 33.4 Å². The van der Waals surface area contributed by atoms with Crippen molar-refractivity contribution in [3.8, 4) is 0 Å². The standard InChI is InChI=1S/C22H28N2O3S2/c1-28-20-11-9-19(10-12-20)23-22(25)15-8-18-6-13-21(14-7-18)29(26,27)24-16-4-2-3-5-17-24/h6-7,9-14H,2-5,8,15-17H2,1H3,(H,23,25). The molecular weight excluding hydrogens is 404 g/mol. The van der Waals surface area contributed by atoms with Crippen molar-refractivity contribution in [3.63, 3.8) is 0 Å². The summed E-state index contributed by atoms with van der Waals surface area (Å²) in [6.07, 6.45) is 6.96. The maximum absolute atomic E-state index is 12.8. The van der Waals surface area contributed by atoms with Crippen LogP contribution in [0.3, 0.4) is 0 Å². The minimum Gasteiger partial charge on any atom is -0.326 e. The summed E-state index contributed by atoms with van der Waals surface area (Å²) in [6.45, 7) is 1.20. The maximum Gasteiger partial charge on any atom is 0.243 e. The van der Waals surface area contributed by atoms with Gasteiger partial charge in [0.15, 0.2) is 0 Å². The predicted molar refractivity (Wildman–Crippen MR) is 119 cm³/mol. The van der Waals surface area contributed by atoms with E-state index in [9.17, 15) is 13.2 Å². The number of amides is 1. The number of rotatable bonds is 7. The molecule has 7 heteroatoms. The van der Waals surface area contributed by atoms with Crippen molar-refractivity contribution < 1.29 is 13.2 Å². The molecular formula is C22H28N2O3S2. The van der Waals surface area contributed by atoms with Crippen LogP contribution in [0.1, 0.15) is 37.7 Å². The Balaban J connectivity index is 1.55. The zero-order valence-electron chi connectivity index (χ0n) is 16.8. The van der Waals surface area contributed by atoms with Gasteiger partial charge in [-0.3, -0.25) is 4.79 Å². The van der Waals surface area contributed by atoms with Crippen molar-refractivity contribution in [1.29, 1.82) is 0 Å². The van der Waals surface area contributed by atoms with E-state index in [-0.39, 0.29) is 5.91 Å². The molecule has 2 aromatic rings. The average molecular weight is 433 g/mol. The number of nitrogens with zero attached hydrogens (tertiary/aromatic N) is 1. The molecule has 1 aliphatic rings. The Bertz CT molecular complexity index is 902. The molecule has 1 fully saturated rings. The molecule has 1 heterocycles. The number of carbonyl (C=O) groups excluding carboxylic acids is 1. The van der Waals surface area contributed by atoms with Crippen molar-refractivity contribution in [2.45, 2.75) is 48.3 Å². The highest BCUT2D eigenvalue weighted by molar-refractivity contribution is 7.98.